The molecule has 10 nitrogen and oxygen atoms in total. The zero-order chi connectivity index (χ0) is 73.4. The minimum Gasteiger partial charge on any atom is -0.455 e. The third kappa shape index (κ3) is 12.4. The summed E-state index contributed by atoms with van der Waals surface area (Å²) in [7, 11) is 0. The molecule has 16 aromatic carbocycles. The summed E-state index contributed by atoms with van der Waals surface area (Å²) < 4.78 is 13.3. The van der Waals surface area contributed by atoms with Gasteiger partial charge in [-0.1, -0.05) is 297 Å². The zero-order valence-electron chi connectivity index (χ0n) is 59.0. The molecule has 0 N–H and O–H groups in total. The van der Waals surface area contributed by atoms with Crippen LogP contribution in [0.4, 0.5) is 0 Å². The minimum atomic E-state index is 0.603. The maximum atomic E-state index is 9.43. The molecule has 0 aliphatic carbocycles. The second kappa shape index (κ2) is 28.3. The molecule has 0 spiro atoms. The van der Waals surface area contributed by atoms with Crippen molar-refractivity contribution in [3.63, 3.8) is 0 Å². The van der Waals surface area contributed by atoms with Gasteiger partial charge >= 0.3 is 0 Å². The molecule has 0 saturated carbocycles. The predicted octanol–water partition coefficient (Wildman–Crippen LogP) is 25.6. The summed E-state index contributed by atoms with van der Waals surface area (Å²) in [4.78, 5) is 29.8. The van der Waals surface area contributed by atoms with E-state index in [1.807, 2.05) is 182 Å². The van der Waals surface area contributed by atoms with Crippen LogP contribution in [0.25, 0.3) is 201 Å². The standard InChI is InChI=1S/2C50H30N4O/c51-31-32-24-26-33(27-25-32)43-30-44-46-40(22-11-23-45(46)55-47(44)42-21-8-7-20-41(42)43)38-18-9-16-36(28-38)37-17-10-19-39(29-37)50-53-48(34-12-3-1-4-13-34)52-49(54-50)35-14-5-2-6-15-35;51-31-32-21-23-35(24-22-32)43-30-44-46-40(19-10-20-45(46)55-47(44)42-18-8-7-17-41(42)43)34-25-27-37(28-26-34)49-52-48(36-13-5-2-6-14-36)53-50(54-49)39-16-9-15-38(29-39)33-11-3-1-4-12-33/h2*1-30H. The summed E-state index contributed by atoms with van der Waals surface area (Å²) in [5, 5.41) is 27.4. The average molecular weight is 1410 g/mol. The lowest BCUT2D eigenvalue weighted by molar-refractivity contribution is 0.672. The Hall–Kier alpha value is -15.4. The van der Waals surface area contributed by atoms with Gasteiger partial charge in [0.25, 0.3) is 0 Å². The lowest BCUT2D eigenvalue weighted by Gasteiger charge is -2.11. The lowest BCUT2D eigenvalue weighted by atomic mass is 9.92. The van der Waals surface area contributed by atoms with Gasteiger partial charge in [-0.15, -0.1) is 0 Å². The maximum Gasteiger partial charge on any atom is 0.164 e. The number of hydrogen-bond acceptors (Lipinski definition) is 10. The van der Waals surface area contributed by atoms with E-state index in [4.69, 9.17) is 38.7 Å². The van der Waals surface area contributed by atoms with E-state index < -0.39 is 0 Å². The normalized spacial score (nSPS) is 11.3. The number of benzene rings is 16. The van der Waals surface area contributed by atoms with Gasteiger partial charge in [-0.25, -0.2) is 29.9 Å². The van der Waals surface area contributed by atoms with E-state index in [0.29, 0.717) is 46.1 Å². The molecule has 512 valence electrons. The molecule has 0 radical (unpaired) electrons. The first kappa shape index (κ1) is 65.4. The number of aromatic nitrogens is 6. The Kier molecular flexibility index (Phi) is 16.8. The molecule has 0 unspecified atom stereocenters. The lowest BCUT2D eigenvalue weighted by Crippen LogP contribution is -2.00. The van der Waals surface area contributed by atoms with E-state index >= 15 is 0 Å². The topological polar surface area (TPSA) is 151 Å². The second-order valence-electron chi connectivity index (χ2n) is 27.0. The van der Waals surface area contributed by atoms with Crippen molar-refractivity contribution in [1.29, 1.82) is 10.5 Å². The van der Waals surface area contributed by atoms with Crippen LogP contribution in [0.2, 0.25) is 0 Å². The van der Waals surface area contributed by atoms with E-state index in [2.05, 4.69) is 194 Å². The van der Waals surface area contributed by atoms with Crippen LogP contribution in [0.5, 0.6) is 0 Å². The molecular formula is C100H60N8O2. The van der Waals surface area contributed by atoms with Crippen LogP contribution in [-0.4, -0.2) is 29.9 Å². The summed E-state index contributed by atoms with van der Waals surface area (Å²) in [6, 6.07) is 128. The first-order chi connectivity index (χ1) is 54.4. The van der Waals surface area contributed by atoms with Crippen LogP contribution in [-0.2, 0) is 0 Å². The predicted molar refractivity (Wildman–Crippen MR) is 444 cm³/mol. The number of nitrogens with zero attached hydrogens (tertiary/aromatic N) is 8. The fraction of sp³-hybridized carbons (Fsp3) is 0. The number of rotatable bonds is 12. The minimum absolute atomic E-state index is 0.603. The molecule has 0 aliphatic heterocycles. The summed E-state index contributed by atoms with van der Waals surface area (Å²) in [6.07, 6.45) is 0. The highest BCUT2D eigenvalue weighted by Crippen LogP contribution is 2.46. The van der Waals surface area contributed by atoms with Crippen molar-refractivity contribution in [3.05, 3.63) is 375 Å². The number of hydrogen-bond donors (Lipinski definition) is 0. The number of fused-ring (bicyclic) bond motifs is 10. The van der Waals surface area contributed by atoms with Crippen LogP contribution < -0.4 is 0 Å². The Bertz CT molecular complexity index is 6950. The number of nitriles is 2. The Balaban J connectivity index is 0.000000149. The smallest absolute Gasteiger partial charge is 0.164 e. The molecule has 20 rings (SSSR count). The molecule has 0 atom stereocenters. The van der Waals surface area contributed by atoms with Crippen molar-refractivity contribution < 1.29 is 8.83 Å². The van der Waals surface area contributed by atoms with Crippen molar-refractivity contribution in [2.24, 2.45) is 0 Å². The Morgan fingerprint density at radius 3 is 0.864 bits per heavy atom. The van der Waals surface area contributed by atoms with Crippen molar-refractivity contribution in [1.82, 2.24) is 29.9 Å². The largest absolute Gasteiger partial charge is 0.455 e. The van der Waals surface area contributed by atoms with Crippen molar-refractivity contribution >= 4 is 65.4 Å². The second-order valence-corrected chi connectivity index (χ2v) is 27.0. The van der Waals surface area contributed by atoms with Crippen LogP contribution in [0, 0.1) is 22.7 Å². The van der Waals surface area contributed by atoms with Crippen LogP contribution in [0.1, 0.15) is 11.1 Å². The van der Waals surface area contributed by atoms with E-state index in [1.165, 1.54) is 0 Å². The van der Waals surface area contributed by atoms with E-state index in [1.54, 1.807) is 0 Å². The van der Waals surface area contributed by atoms with E-state index in [9.17, 15) is 10.5 Å². The van der Waals surface area contributed by atoms with Gasteiger partial charge in [0.15, 0.2) is 34.9 Å². The van der Waals surface area contributed by atoms with Gasteiger partial charge in [-0.05, 0) is 144 Å². The molecule has 4 aromatic heterocycles. The molecule has 0 fully saturated rings. The molecule has 20 aromatic rings. The highest BCUT2D eigenvalue weighted by molar-refractivity contribution is 6.24. The summed E-state index contributed by atoms with van der Waals surface area (Å²) in [5.41, 5.74) is 23.1. The molecule has 10 heteroatoms. The fourth-order valence-corrected chi connectivity index (χ4v) is 15.0. The summed E-state index contributed by atoms with van der Waals surface area (Å²) in [5.74, 6) is 3.72. The molecular weight excluding hydrogens is 1350 g/mol. The molecule has 4 heterocycles. The van der Waals surface area contributed by atoms with Gasteiger partial charge in [0.1, 0.15) is 22.3 Å². The maximum absolute atomic E-state index is 9.43. The Labute approximate surface area is 633 Å². The van der Waals surface area contributed by atoms with Gasteiger partial charge < -0.3 is 8.83 Å². The summed E-state index contributed by atoms with van der Waals surface area (Å²) in [6.45, 7) is 0. The van der Waals surface area contributed by atoms with Crippen molar-refractivity contribution in [2.45, 2.75) is 0 Å². The molecule has 0 saturated heterocycles. The highest BCUT2D eigenvalue weighted by atomic mass is 16.3. The highest BCUT2D eigenvalue weighted by Gasteiger charge is 2.23. The molecule has 110 heavy (non-hydrogen) atoms. The first-order valence-corrected chi connectivity index (χ1v) is 36.3. The average Bonchev–Trinajstić information content (AvgIpc) is 1.59. The van der Waals surface area contributed by atoms with Crippen molar-refractivity contribution in [2.75, 3.05) is 0 Å². The van der Waals surface area contributed by atoms with E-state index in [0.717, 1.165) is 166 Å². The van der Waals surface area contributed by atoms with Crippen LogP contribution in [0.15, 0.2) is 373 Å². The first-order valence-electron chi connectivity index (χ1n) is 36.3. The Morgan fingerprint density at radius 2 is 0.464 bits per heavy atom. The number of furan rings is 2. The van der Waals surface area contributed by atoms with Crippen LogP contribution in [0.3, 0.4) is 0 Å². The SMILES string of the molecule is N#Cc1ccc(-c2cc3c(oc4cccc(-c5ccc(-c6nc(-c7ccccc7)nc(-c7cccc(-c8ccccc8)c7)n6)cc5)c43)c3ccccc23)cc1.N#Cc1ccc(-c2cc3c(oc4cccc(-c5cccc(-c6cccc(-c7nc(-c8ccccc8)nc(-c8ccccc8)n7)c6)c5)c43)c3ccccc23)cc1. The molecule has 0 aliphatic rings. The fourth-order valence-electron chi connectivity index (χ4n) is 15.0. The van der Waals surface area contributed by atoms with Gasteiger partial charge in [0.2, 0.25) is 0 Å². The Morgan fingerprint density at radius 1 is 0.191 bits per heavy atom. The van der Waals surface area contributed by atoms with Gasteiger partial charge in [0, 0.05) is 65.7 Å². The zero-order valence-corrected chi connectivity index (χ0v) is 59.0. The summed E-state index contributed by atoms with van der Waals surface area (Å²) >= 11 is 0. The van der Waals surface area contributed by atoms with Gasteiger partial charge in [0.05, 0.1) is 23.3 Å². The van der Waals surface area contributed by atoms with Gasteiger partial charge in [-0.2, -0.15) is 10.5 Å². The third-order valence-corrected chi connectivity index (χ3v) is 20.3. The van der Waals surface area contributed by atoms with Crippen molar-refractivity contribution in [3.8, 4) is 147 Å². The molecule has 0 bridgehead atoms. The third-order valence-electron chi connectivity index (χ3n) is 20.3. The van der Waals surface area contributed by atoms with Crippen LogP contribution >= 0.6 is 0 Å². The van der Waals surface area contributed by atoms with Gasteiger partial charge in [-0.3, -0.25) is 0 Å². The van der Waals surface area contributed by atoms with E-state index in [-0.39, 0.29) is 0 Å². The quantitative estimate of drug-likeness (QED) is 0.116. The molecule has 0 amide bonds. The monoisotopic (exact) mass is 1400 g/mol.